The van der Waals surface area contributed by atoms with Crippen LogP contribution in [0.2, 0.25) is 0 Å². The Morgan fingerprint density at radius 2 is 1.94 bits per heavy atom. The maximum atomic E-state index is 4.62. The van der Waals surface area contributed by atoms with Crippen LogP contribution in [0.5, 0.6) is 0 Å². The molecule has 18 heavy (non-hydrogen) atoms. The SMILES string of the molecule is CCNc1cc(NC2(C)CCC2)nc(C(C)C)n1. The molecule has 0 unspecified atom stereocenters. The highest BCUT2D eigenvalue weighted by atomic mass is 15.1. The van der Waals surface area contributed by atoms with Crippen LogP contribution >= 0.6 is 0 Å². The van der Waals surface area contributed by atoms with Crippen LogP contribution in [0.1, 0.15) is 58.7 Å². The largest absolute Gasteiger partial charge is 0.370 e. The molecule has 1 aliphatic rings. The summed E-state index contributed by atoms with van der Waals surface area (Å²) in [6.45, 7) is 9.48. The molecule has 0 atom stereocenters. The second-order valence-electron chi connectivity index (χ2n) is 5.72. The quantitative estimate of drug-likeness (QED) is 0.838. The summed E-state index contributed by atoms with van der Waals surface area (Å²) >= 11 is 0. The number of aromatic nitrogens is 2. The molecule has 1 fully saturated rings. The minimum Gasteiger partial charge on any atom is -0.370 e. The normalized spacial score (nSPS) is 17.4. The summed E-state index contributed by atoms with van der Waals surface area (Å²) in [6.07, 6.45) is 3.76. The number of hydrogen-bond donors (Lipinski definition) is 2. The second-order valence-corrected chi connectivity index (χ2v) is 5.72. The van der Waals surface area contributed by atoms with E-state index in [1.54, 1.807) is 0 Å². The highest BCUT2D eigenvalue weighted by molar-refractivity contribution is 5.49. The van der Waals surface area contributed by atoms with Crippen molar-refractivity contribution >= 4 is 11.6 Å². The molecule has 0 saturated heterocycles. The Morgan fingerprint density at radius 3 is 2.44 bits per heavy atom. The van der Waals surface area contributed by atoms with Gasteiger partial charge in [0.2, 0.25) is 0 Å². The van der Waals surface area contributed by atoms with E-state index < -0.39 is 0 Å². The standard InChI is InChI=1S/C14H24N4/c1-5-15-11-9-12(17-13(16-11)10(2)3)18-14(4)7-6-8-14/h9-10H,5-8H2,1-4H3,(H2,15,16,17,18). The van der Waals surface area contributed by atoms with E-state index in [1.165, 1.54) is 19.3 Å². The van der Waals surface area contributed by atoms with Gasteiger partial charge in [-0.05, 0) is 33.1 Å². The van der Waals surface area contributed by atoms with Crippen LogP contribution in [-0.4, -0.2) is 22.1 Å². The highest BCUT2D eigenvalue weighted by Gasteiger charge is 2.32. The van der Waals surface area contributed by atoms with Crippen LogP contribution in [-0.2, 0) is 0 Å². The maximum Gasteiger partial charge on any atom is 0.135 e. The zero-order valence-electron chi connectivity index (χ0n) is 11.9. The zero-order chi connectivity index (χ0) is 13.2. The van der Waals surface area contributed by atoms with Gasteiger partial charge in [0.1, 0.15) is 17.5 Å². The van der Waals surface area contributed by atoms with E-state index in [9.17, 15) is 0 Å². The molecule has 0 aromatic carbocycles. The smallest absolute Gasteiger partial charge is 0.135 e. The van der Waals surface area contributed by atoms with Crippen molar-refractivity contribution in [2.75, 3.05) is 17.2 Å². The first-order valence-electron chi connectivity index (χ1n) is 6.93. The van der Waals surface area contributed by atoms with E-state index in [0.717, 1.165) is 24.0 Å². The van der Waals surface area contributed by atoms with Gasteiger partial charge in [-0.15, -0.1) is 0 Å². The Balaban J connectivity index is 2.22. The van der Waals surface area contributed by atoms with E-state index >= 15 is 0 Å². The van der Waals surface area contributed by atoms with Gasteiger partial charge in [-0.1, -0.05) is 13.8 Å². The molecule has 1 saturated carbocycles. The van der Waals surface area contributed by atoms with Gasteiger partial charge in [-0.25, -0.2) is 9.97 Å². The molecule has 1 aromatic heterocycles. The van der Waals surface area contributed by atoms with Crippen molar-refractivity contribution < 1.29 is 0 Å². The average molecular weight is 248 g/mol. The van der Waals surface area contributed by atoms with Crippen LogP contribution in [0.15, 0.2) is 6.07 Å². The number of nitrogens with one attached hydrogen (secondary N) is 2. The fourth-order valence-corrected chi connectivity index (χ4v) is 2.20. The third-order valence-corrected chi connectivity index (χ3v) is 3.50. The molecule has 0 amide bonds. The predicted octanol–water partition coefficient (Wildman–Crippen LogP) is 3.39. The Morgan fingerprint density at radius 1 is 1.28 bits per heavy atom. The topological polar surface area (TPSA) is 49.8 Å². The summed E-state index contributed by atoms with van der Waals surface area (Å²) in [6, 6.07) is 2.01. The van der Waals surface area contributed by atoms with Crippen molar-refractivity contribution in [3.8, 4) is 0 Å². The molecule has 4 heteroatoms. The molecule has 1 aromatic rings. The Bertz CT molecular complexity index is 410. The lowest BCUT2D eigenvalue weighted by Gasteiger charge is -2.39. The summed E-state index contributed by atoms with van der Waals surface area (Å²) in [7, 11) is 0. The number of hydrogen-bond acceptors (Lipinski definition) is 4. The van der Waals surface area contributed by atoms with Gasteiger partial charge in [0, 0.05) is 24.1 Å². The first kappa shape index (κ1) is 13.1. The first-order chi connectivity index (χ1) is 8.52. The summed E-state index contributed by atoms with van der Waals surface area (Å²) in [5.74, 6) is 3.12. The minimum absolute atomic E-state index is 0.228. The molecule has 2 N–H and O–H groups in total. The number of rotatable bonds is 5. The lowest BCUT2D eigenvalue weighted by Crippen LogP contribution is -2.42. The van der Waals surface area contributed by atoms with Gasteiger partial charge in [0.15, 0.2) is 0 Å². The van der Waals surface area contributed by atoms with Gasteiger partial charge in [0.05, 0.1) is 0 Å². The second kappa shape index (κ2) is 5.12. The Hall–Kier alpha value is -1.32. The molecule has 4 nitrogen and oxygen atoms in total. The van der Waals surface area contributed by atoms with E-state index in [0.29, 0.717) is 5.92 Å². The molecule has 0 aliphatic heterocycles. The van der Waals surface area contributed by atoms with Crippen molar-refractivity contribution in [3.63, 3.8) is 0 Å². The first-order valence-corrected chi connectivity index (χ1v) is 6.93. The molecule has 0 spiro atoms. The zero-order valence-corrected chi connectivity index (χ0v) is 11.9. The third-order valence-electron chi connectivity index (χ3n) is 3.50. The summed E-state index contributed by atoms with van der Waals surface area (Å²) in [5.41, 5.74) is 0.228. The monoisotopic (exact) mass is 248 g/mol. The van der Waals surface area contributed by atoms with E-state index in [1.807, 2.05) is 6.07 Å². The van der Waals surface area contributed by atoms with Crippen molar-refractivity contribution in [2.45, 2.75) is 58.4 Å². The van der Waals surface area contributed by atoms with E-state index in [-0.39, 0.29) is 5.54 Å². The third kappa shape index (κ3) is 2.92. The number of nitrogens with zero attached hydrogens (tertiary/aromatic N) is 2. The molecule has 1 aliphatic carbocycles. The van der Waals surface area contributed by atoms with Gasteiger partial charge in [-0.3, -0.25) is 0 Å². The molecule has 0 bridgehead atoms. The average Bonchev–Trinajstić information content (AvgIpc) is 2.27. The molecule has 100 valence electrons. The maximum absolute atomic E-state index is 4.62. The highest BCUT2D eigenvalue weighted by Crippen LogP contribution is 2.34. The van der Waals surface area contributed by atoms with Crippen LogP contribution in [0.3, 0.4) is 0 Å². The molecule has 0 radical (unpaired) electrons. The van der Waals surface area contributed by atoms with E-state index in [4.69, 9.17) is 0 Å². The van der Waals surface area contributed by atoms with Crippen LogP contribution < -0.4 is 10.6 Å². The van der Waals surface area contributed by atoms with Gasteiger partial charge >= 0.3 is 0 Å². The molecular weight excluding hydrogens is 224 g/mol. The van der Waals surface area contributed by atoms with E-state index in [2.05, 4.69) is 48.3 Å². The summed E-state index contributed by atoms with van der Waals surface area (Å²) in [5, 5.41) is 6.83. The fourth-order valence-electron chi connectivity index (χ4n) is 2.20. The number of anilines is 2. The van der Waals surface area contributed by atoms with Crippen molar-refractivity contribution in [3.05, 3.63) is 11.9 Å². The molecule has 1 heterocycles. The summed E-state index contributed by atoms with van der Waals surface area (Å²) < 4.78 is 0. The van der Waals surface area contributed by atoms with Crippen molar-refractivity contribution in [1.82, 2.24) is 9.97 Å². The van der Waals surface area contributed by atoms with Crippen LogP contribution in [0, 0.1) is 0 Å². The van der Waals surface area contributed by atoms with Crippen LogP contribution in [0.4, 0.5) is 11.6 Å². The van der Waals surface area contributed by atoms with Gasteiger partial charge < -0.3 is 10.6 Å². The molecular formula is C14H24N4. The Labute approximate surface area is 110 Å². The van der Waals surface area contributed by atoms with Crippen LogP contribution in [0.25, 0.3) is 0 Å². The van der Waals surface area contributed by atoms with Gasteiger partial charge in [-0.2, -0.15) is 0 Å². The van der Waals surface area contributed by atoms with Gasteiger partial charge in [0.25, 0.3) is 0 Å². The lowest BCUT2D eigenvalue weighted by atomic mass is 9.78. The van der Waals surface area contributed by atoms with Crippen molar-refractivity contribution in [2.24, 2.45) is 0 Å². The summed E-state index contributed by atoms with van der Waals surface area (Å²) in [4.78, 5) is 9.15. The minimum atomic E-state index is 0.228. The fraction of sp³-hybridized carbons (Fsp3) is 0.714. The van der Waals surface area contributed by atoms with Crippen molar-refractivity contribution in [1.29, 1.82) is 0 Å². The molecule has 2 rings (SSSR count). The Kier molecular flexibility index (Phi) is 3.73. The predicted molar refractivity (Wildman–Crippen MR) is 76.2 cm³/mol. The lowest BCUT2D eigenvalue weighted by molar-refractivity contribution is 0.305.